The van der Waals surface area contributed by atoms with Crippen LogP contribution in [0.4, 0.5) is 5.69 Å². The number of aliphatic imine (C=N–C) groups is 1. The van der Waals surface area contributed by atoms with Gasteiger partial charge >= 0.3 is 0 Å². The number of hydrogen-bond acceptors (Lipinski definition) is 1. The highest BCUT2D eigenvalue weighted by atomic mass is 35.5. The summed E-state index contributed by atoms with van der Waals surface area (Å²) in [5.74, 6) is 0.829. The summed E-state index contributed by atoms with van der Waals surface area (Å²) >= 11 is 5.88. The zero-order valence-electron chi connectivity index (χ0n) is 10.4. The van der Waals surface area contributed by atoms with E-state index in [9.17, 15) is 0 Å². The van der Waals surface area contributed by atoms with E-state index in [1.165, 1.54) is 5.56 Å². The van der Waals surface area contributed by atoms with Crippen LogP contribution in [0.25, 0.3) is 0 Å². The Morgan fingerprint density at radius 3 is 2.17 bits per heavy atom. The van der Waals surface area contributed by atoms with E-state index in [1.54, 1.807) is 7.05 Å². The third-order valence-corrected chi connectivity index (χ3v) is 2.91. The van der Waals surface area contributed by atoms with Crippen molar-refractivity contribution >= 4 is 23.1 Å². The van der Waals surface area contributed by atoms with Gasteiger partial charge in [0.1, 0.15) is 5.84 Å². The van der Waals surface area contributed by atoms with Crippen LogP contribution in [0.15, 0.2) is 53.5 Å². The maximum Gasteiger partial charge on any atom is 0.132 e. The van der Waals surface area contributed by atoms with E-state index < -0.39 is 0 Å². The molecule has 0 aromatic heterocycles. The Labute approximate surface area is 112 Å². The molecule has 2 nitrogen and oxygen atoms in total. The number of rotatable bonds is 2. The first kappa shape index (κ1) is 12.7. The second kappa shape index (κ2) is 5.69. The minimum atomic E-state index is 0.726. The SMILES string of the molecule is CN=C(Nc1ccc(C)cc1)c1ccc(Cl)cc1. The number of hydrogen-bond donors (Lipinski definition) is 1. The van der Waals surface area contributed by atoms with Crippen molar-refractivity contribution in [1.29, 1.82) is 0 Å². The molecule has 18 heavy (non-hydrogen) atoms. The monoisotopic (exact) mass is 258 g/mol. The standard InChI is InChI=1S/C15H15ClN2/c1-11-3-9-14(10-4-11)18-15(17-2)12-5-7-13(16)8-6-12/h3-10H,1-2H3,(H,17,18). The van der Waals surface area contributed by atoms with Crippen molar-refractivity contribution in [3.63, 3.8) is 0 Å². The molecule has 0 saturated heterocycles. The van der Waals surface area contributed by atoms with E-state index in [-0.39, 0.29) is 0 Å². The van der Waals surface area contributed by atoms with Crippen molar-refractivity contribution in [3.8, 4) is 0 Å². The third kappa shape index (κ3) is 3.11. The summed E-state index contributed by atoms with van der Waals surface area (Å²) in [5.41, 5.74) is 3.28. The molecule has 0 aliphatic carbocycles. The van der Waals surface area contributed by atoms with Gasteiger partial charge in [0.15, 0.2) is 0 Å². The van der Waals surface area contributed by atoms with Crippen LogP contribution < -0.4 is 5.32 Å². The van der Waals surface area contributed by atoms with Gasteiger partial charge in [-0.1, -0.05) is 29.3 Å². The van der Waals surface area contributed by atoms with E-state index in [2.05, 4.69) is 29.4 Å². The average molecular weight is 259 g/mol. The molecule has 0 heterocycles. The molecule has 0 amide bonds. The van der Waals surface area contributed by atoms with Crippen molar-refractivity contribution < 1.29 is 0 Å². The maximum absolute atomic E-state index is 5.88. The third-order valence-electron chi connectivity index (χ3n) is 2.66. The highest BCUT2D eigenvalue weighted by Gasteiger charge is 2.02. The van der Waals surface area contributed by atoms with Crippen LogP contribution in [0.5, 0.6) is 0 Å². The van der Waals surface area contributed by atoms with Gasteiger partial charge in [-0.05, 0) is 43.3 Å². The molecular weight excluding hydrogens is 244 g/mol. The first-order chi connectivity index (χ1) is 8.69. The van der Waals surface area contributed by atoms with Crippen molar-refractivity contribution in [3.05, 3.63) is 64.7 Å². The molecule has 2 rings (SSSR count). The molecule has 0 radical (unpaired) electrons. The Kier molecular flexibility index (Phi) is 4.00. The lowest BCUT2D eigenvalue weighted by atomic mass is 10.2. The van der Waals surface area contributed by atoms with E-state index in [1.807, 2.05) is 36.4 Å². The van der Waals surface area contributed by atoms with E-state index in [0.29, 0.717) is 0 Å². The van der Waals surface area contributed by atoms with Gasteiger partial charge in [-0.2, -0.15) is 0 Å². The Balaban J connectivity index is 2.20. The Morgan fingerprint density at radius 1 is 1.00 bits per heavy atom. The van der Waals surface area contributed by atoms with Gasteiger partial charge < -0.3 is 5.32 Å². The number of aryl methyl sites for hydroxylation is 1. The molecule has 0 spiro atoms. The van der Waals surface area contributed by atoms with Gasteiger partial charge in [-0.3, -0.25) is 4.99 Å². The zero-order chi connectivity index (χ0) is 13.0. The lowest BCUT2D eigenvalue weighted by Gasteiger charge is -2.10. The number of benzene rings is 2. The number of anilines is 1. The number of nitrogens with zero attached hydrogens (tertiary/aromatic N) is 1. The molecule has 0 aliphatic heterocycles. The van der Waals surface area contributed by atoms with E-state index >= 15 is 0 Å². The molecule has 3 heteroatoms. The molecule has 2 aromatic rings. The van der Waals surface area contributed by atoms with Crippen LogP contribution in [0.3, 0.4) is 0 Å². The maximum atomic E-state index is 5.88. The average Bonchev–Trinajstić information content (AvgIpc) is 2.39. The summed E-state index contributed by atoms with van der Waals surface area (Å²) < 4.78 is 0. The van der Waals surface area contributed by atoms with Gasteiger partial charge in [-0.15, -0.1) is 0 Å². The van der Waals surface area contributed by atoms with Gasteiger partial charge in [0.25, 0.3) is 0 Å². The number of halogens is 1. The van der Waals surface area contributed by atoms with Crippen LogP contribution >= 0.6 is 11.6 Å². The number of nitrogens with one attached hydrogen (secondary N) is 1. The molecule has 0 fully saturated rings. The molecule has 0 aliphatic rings. The smallest absolute Gasteiger partial charge is 0.132 e. The largest absolute Gasteiger partial charge is 0.340 e. The summed E-state index contributed by atoms with van der Waals surface area (Å²) in [6.45, 7) is 2.07. The fourth-order valence-corrected chi connectivity index (χ4v) is 1.76. The quantitative estimate of drug-likeness (QED) is 0.636. The van der Waals surface area contributed by atoms with E-state index in [0.717, 1.165) is 22.1 Å². The highest BCUT2D eigenvalue weighted by molar-refractivity contribution is 6.30. The molecule has 0 saturated carbocycles. The van der Waals surface area contributed by atoms with Crippen LogP contribution in [0.2, 0.25) is 5.02 Å². The minimum Gasteiger partial charge on any atom is -0.340 e. The second-order valence-corrected chi connectivity index (χ2v) is 4.51. The molecule has 2 aromatic carbocycles. The van der Waals surface area contributed by atoms with Crippen molar-refractivity contribution in [2.24, 2.45) is 4.99 Å². The van der Waals surface area contributed by atoms with Crippen molar-refractivity contribution in [1.82, 2.24) is 0 Å². The predicted molar refractivity (Wildman–Crippen MR) is 78.7 cm³/mol. The highest BCUT2D eigenvalue weighted by Crippen LogP contribution is 2.13. The van der Waals surface area contributed by atoms with E-state index in [4.69, 9.17) is 11.6 Å². The predicted octanol–water partition coefficient (Wildman–Crippen LogP) is 4.14. The summed E-state index contributed by atoms with van der Waals surface area (Å²) in [6.07, 6.45) is 0. The summed E-state index contributed by atoms with van der Waals surface area (Å²) in [5, 5.41) is 4.02. The minimum absolute atomic E-state index is 0.726. The van der Waals surface area contributed by atoms with Crippen LogP contribution in [0, 0.1) is 6.92 Å². The number of amidine groups is 1. The van der Waals surface area contributed by atoms with Crippen molar-refractivity contribution in [2.45, 2.75) is 6.92 Å². The molecular formula is C15H15ClN2. The van der Waals surface area contributed by atoms with Gasteiger partial charge in [0.05, 0.1) is 0 Å². The van der Waals surface area contributed by atoms with Gasteiger partial charge in [-0.25, -0.2) is 0 Å². The molecule has 0 atom stereocenters. The Hall–Kier alpha value is -1.80. The first-order valence-corrected chi connectivity index (χ1v) is 6.13. The second-order valence-electron chi connectivity index (χ2n) is 4.07. The van der Waals surface area contributed by atoms with Gasteiger partial charge in [0.2, 0.25) is 0 Å². The summed E-state index contributed by atoms with van der Waals surface area (Å²) in [7, 11) is 1.77. The van der Waals surface area contributed by atoms with Crippen LogP contribution in [-0.2, 0) is 0 Å². The summed E-state index contributed by atoms with van der Waals surface area (Å²) in [6, 6.07) is 15.8. The Bertz CT molecular complexity index is 542. The molecule has 0 bridgehead atoms. The molecule has 92 valence electrons. The fraction of sp³-hybridized carbons (Fsp3) is 0.133. The van der Waals surface area contributed by atoms with Crippen LogP contribution in [-0.4, -0.2) is 12.9 Å². The topological polar surface area (TPSA) is 24.4 Å². The van der Waals surface area contributed by atoms with Gasteiger partial charge in [0, 0.05) is 23.3 Å². The summed E-state index contributed by atoms with van der Waals surface area (Å²) in [4.78, 5) is 4.27. The normalized spacial score (nSPS) is 11.4. The van der Waals surface area contributed by atoms with Crippen molar-refractivity contribution in [2.75, 3.05) is 12.4 Å². The first-order valence-electron chi connectivity index (χ1n) is 5.75. The fourth-order valence-electron chi connectivity index (χ4n) is 1.64. The Morgan fingerprint density at radius 2 is 1.61 bits per heavy atom. The lowest BCUT2D eigenvalue weighted by molar-refractivity contribution is 1.40. The zero-order valence-corrected chi connectivity index (χ0v) is 11.2. The lowest BCUT2D eigenvalue weighted by Crippen LogP contribution is -2.13. The van der Waals surface area contributed by atoms with Crippen LogP contribution in [0.1, 0.15) is 11.1 Å². The molecule has 0 unspecified atom stereocenters. The molecule has 1 N–H and O–H groups in total.